The summed E-state index contributed by atoms with van der Waals surface area (Å²) >= 11 is 0. The molecule has 2 unspecified atom stereocenters. The highest BCUT2D eigenvalue weighted by Crippen LogP contribution is 2.10. The van der Waals surface area contributed by atoms with Crippen LogP contribution in [0.2, 0.25) is 0 Å². The fourth-order valence-electron chi connectivity index (χ4n) is 4.67. The molecule has 0 saturated heterocycles. The van der Waals surface area contributed by atoms with Crippen LogP contribution in [-0.2, 0) is 28.6 Å². The molecule has 0 bridgehead atoms. The van der Waals surface area contributed by atoms with Crippen LogP contribution in [0.25, 0.3) is 0 Å². The summed E-state index contributed by atoms with van der Waals surface area (Å²) in [6.07, 6.45) is 41.1. The van der Waals surface area contributed by atoms with Crippen molar-refractivity contribution >= 4 is 17.9 Å². The zero-order chi connectivity index (χ0) is 37.1. The van der Waals surface area contributed by atoms with Gasteiger partial charge in [0.25, 0.3) is 0 Å². The third kappa shape index (κ3) is 30.6. The Morgan fingerprint density at radius 1 is 0.640 bits per heavy atom. The topological polar surface area (TPSA) is 99.1 Å². The van der Waals surface area contributed by atoms with Crippen LogP contribution in [0.3, 0.4) is 0 Å². The molecule has 8 nitrogen and oxygen atoms in total. The molecule has 0 aromatic carbocycles. The summed E-state index contributed by atoms with van der Waals surface area (Å²) in [5, 5.41) is 9.56. The molecule has 0 aromatic heterocycles. The van der Waals surface area contributed by atoms with E-state index in [-0.39, 0.29) is 43.1 Å². The van der Waals surface area contributed by atoms with E-state index in [1.54, 1.807) is 6.08 Å². The molecule has 0 amide bonds. The SMILES string of the molecule is CC/C=C/C/C=C/C/C=C/CC(=O)OC(COCCC(C(=O)O)[N+](C)(C)C)COC(=O)CCC/C=C/C/C=C/C/C=C/C/C=C/CCCCC. The van der Waals surface area contributed by atoms with E-state index < -0.39 is 24.1 Å². The molecule has 8 heteroatoms. The van der Waals surface area contributed by atoms with Gasteiger partial charge in [0.15, 0.2) is 12.1 Å². The zero-order valence-corrected chi connectivity index (χ0v) is 31.8. The van der Waals surface area contributed by atoms with E-state index in [1.165, 1.54) is 25.7 Å². The monoisotopic (exact) mass is 698 g/mol. The van der Waals surface area contributed by atoms with Gasteiger partial charge in [0.1, 0.15) is 6.61 Å². The predicted molar refractivity (Wildman–Crippen MR) is 206 cm³/mol. The fourth-order valence-corrected chi connectivity index (χ4v) is 4.67. The smallest absolute Gasteiger partial charge is 0.362 e. The van der Waals surface area contributed by atoms with E-state index in [4.69, 9.17) is 14.2 Å². The lowest BCUT2D eigenvalue weighted by Crippen LogP contribution is -2.50. The summed E-state index contributed by atoms with van der Waals surface area (Å²) in [4.78, 5) is 36.6. The fraction of sp³-hybridized carbons (Fsp3) is 0.595. The second-order valence-corrected chi connectivity index (χ2v) is 13.1. The van der Waals surface area contributed by atoms with E-state index >= 15 is 0 Å². The number of allylic oxidation sites excluding steroid dienone is 13. The second kappa shape index (κ2) is 32.7. The molecule has 0 fully saturated rings. The van der Waals surface area contributed by atoms with Crippen molar-refractivity contribution in [3.05, 3.63) is 85.1 Å². The third-order valence-electron chi connectivity index (χ3n) is 7.56. The zero-order valence-electron chi connectivity index (χ0n) is 31.8. The molecule has 0 spiro atoms. The second-order valence-electron chi connectivity index (χ2n) is 13.1. The Balaban J connectivity index is 4.58. The number of carboxylic acid groups (broad SMARTS) is 1. The Labute approximate surface area is 303 Å². The Morgan fingerprint density at radius 2 is 1.16 bits per heavy atom. The molecule has 2 atom stereocenters. The number of unbranched alkanes of at least 4 members (excludes halogenated alkanes) is 4. The van der Waals surface area contributed by atoms with E-state index in [0.717, 1.165) is 44.9 Å². The standard InChI is InChI=1S/C42H67NO7/c1-6-8-10-12-14-16-17-18-19-20-21-22-23-25-26-28-30-32-40(44)49-37-38(36-48-35-34-39(42(46)47)43(3,4)5)50-41(45)33-31-29-27-24-15-13-11-9-7-2/h9,11,14-16,18-19,21-22,24-26,29,31,38-39H,6-8,10,12-13,17,20,23,27-28,30,32-37H2,1-5H3/p+1/b11-9+,16-14+,19-18+,22-21+,24-15+,26-25+,31-29+. The van der Waals surface area contributed by atoms with Crippen molar-refractivity contribution in [3.8, 4) is 0 Å². The molecule has 0 rings (SSSR count). The van der Waals surface area contributed by atoms with Gasteiger partial charge in [-0.15, -0.1) is 0 Å². The van der Waals surface area contributed by atoms with Crippen molar-refractivity contribution in [2.45, 2.75) is 122 Å². The van der Waals surface area contributed by atoms with Crippen molar-refractivity contribution < 1.29 is 38.2 Å². The molecule has 0 heterocycles. The van der Waals surface area contributed by atoms with Crippen molar-refractivity contribution in [3.63, 3.8) is 0 Å². The molecule has 0 saturated carbocycles. The Kier molecular flexibility index (Phi) is 30.4. The van der Waals surface area contributed by atoms with Crippen LogP contribution in [0.1, 0.15) is 110 Å². The van der Waals surface area contributed by atoms with Crippen molar-refractivity contribution in [2.75, 3.05) is 41.0 Å². The number of ether oxygens (including phenoxy) is 3. The van der Waals surface area contributed by atoms with Crippen LogP contribution in [0.4, 0.5) is 0 Å². The average Bonchev–Trinajstić information content (AvgIpc) is 3.06. The number of esters is 2. The van der Waals surface area contributed by atoms with Crippen LogP contribution in [0, 0.1) is 0 Å². The van der Waals surface area contributed by atoms with Crippen molar-refractivity contribution in [1.29, 1.82) is 0 Å². The summed E-state index contributed by atoms with van der Waals surface area (Å²) in [5.74, 6) is -1.71. The lowest BCUT2D eigenvalue weighted by molar-refractivity contribution is -0.887. The summed E-state index contributed by atoms with van der Waals surface area (Å²) in [6.45, 7) is 4.37. The first-order valence-corrected chi connectivity index (χ1v) is 18.6. The Bertz CT molecular complexity index is 1090. The number of hydrogen-bond donors (Lipinski definition) is 1. The Morgan fingerprint density at radius 3 is 1.68 bits per heavy atom. The summed E-state index contributed by atoms with van der Waals surface area (Å²) < 4.78 is 17.0. The van der Waals surface area contributed by atoms with Gasteiger partial charge in [-0.1, -0.05) is 112 Å². The highest BCUT2D eigenvalue weighted by Gasteiger charge is 2.31. The van der Waals surface area contributed by atoms with Gasteiger partial charge >= 0.3 is 17.9 Å². The van der Waals surface area contributed by atoms with Crippen LogP contribution in [0.15, 0.2) is 85.1 Å². The molecule has 0 aliphatic carbocycles. The quantitative estimate of drug-likeness (QED) is 0.0333. The summed E-state index contributed by atoms with van der Waals surface area (Å²) in [6, 6.07) is -0.639. The van der Waals surface area contributed by atoms with E-state index in [1.807, 2.05) is 33.3 Å². The largest absolute Gasteiger partial charge is 0.477 e. The number of carboxylic acids is 1. The highest BCUT2D eigenvalue weighted by atomic mass is 16.6. The Hall–Kier alpha value is -3.49. The number of hydrogen-bond acceptors (Lipinski definition) is 6. The summed E-state index contributed by atoms with van der Waals surface area (Å²) in [5.41, 5.74) is 0. The summed E-state index contributed by atoms with van der Waals surface area (Å²) in [7, 11) is 5.45. The van der Waals surface area contributed by atoms with E-state index in [9.17, 15) is 19.5 Å². The minimum Gasteiger partial charge on any atom is -0.477 e. The van der Waals surface area contributed by atoms with Gasteiger partial charge in [-0.3, -0.25) is 9.59 Å². The number of nitrogens with zero attached hydrogens (tertiary/aromatic N) is 1. The first-order valence-electron chi connectivity index (χ1n) is 18.6. The van der Waals surface area contributed by atoms with Gasteiger partial charge in [0, 0.05) is 12.8 Å². The number of rotatable bonds is 31. The maximum Gasteiger partial charge on any atom is 0.362 e. The molecule has 0 radical (unpaired) electrons. The first kappa shape index (κ1) is 46.5. The molecule has 1 N–H and O–H groups in total. The molecule has 282 valence electrons. The van der Waals surface area contributed by atoms with Crippen LogP contribution in [0.5, 0.6) is 0 Å². The number of quaternary nitrogens is 1. The minimum atomic E-state index is -0.900. The molecular weight excluding hydrogens is 630 g/mol. The third-order valence-corrected chi connectivity index (χ3v) is 7.56. The van der Waals surface area contributed by atoms with Gasteiger partial charge in [0.2, 0.25) is 0 Å². The number of aliphatic carboxylic acids is 1. The molecule has 50 heavy (non-hydrogen) atoms. The molecule has 0 aliphatic heterocycles. The van der Waals surface area contributed by atoms with E-state index in [2.05, 4.69) is 80.7 Å². The average molecular weight is 699 g/mol. The normalized spacial score (nSPS) is 14.0. The van der Waals surface area contributed by atoms with Crippen molar-refractivity contribution in [1.82, 2.24) is 0 Å². The van der Waals surface area contributed by atoms with Gasteiger partial charge in [-0.25, -0.2) is 4.79 Å². The van der Waals surface area contributed by atoms with Crippen LogP contribution >= 0.6 is 0 Å². The maximum absolute atomic E-state index is 12.5. The number of likely N-dealkylation sites (N-methyl/N-ethyl adjacent to an activating group) is 1. The first-order chi connectivity index (χ1) is 24.1. The van der Waals surface area contributed by atoms with Gasteiger partial charge < -0.3 is 23.8 Å². The molecular formula is C42H68NO7+. The van der Waals surface area contributed by atoms with Gasteiger partial charge in [0.05, 0.1) is 40.8 Å². The van der Waals surface area contributed by atoms with Crippen LogP contribution in [-0.4, -0.2) is 80.6 Å². The minimum absolute atomic E-state index is 0.00243. The predicted octanol–water partition coefficient (Wildman–Crippen LogP) is 9.40. The van der Waals surface area contributed by atoms with Gasteiger partial charge in [-0.2, -0.15) is 0 Å². The number of carbonyl (C=O) groups excluding carboxylic acids is 2. The molecule has 0 aromatic rings. The van der Waals surface area contributed by atoms with E-state index in [0.29, 0.717) is 12.8 Å². The molecule has 0 aliphatic rings. The van der Waals surface area contributed by atoms with Crippen molar-refractivity contribution in [2.24, 2.45) is 0 Å². The lowest BCUT2D eigenvalue weighted by atomic mass is 10.1. The van der Waals surface area contributed by atoms with Crippen LogP contribution < -0.4 is 0 Å². The number of carbonyl (C=O) groups is 3. The van der Waals surface area contributed by atoms with Gasteiger partial charge in [-0.05, 0) is 64.2 Å². The highest BCUT2D eigenvalue weighted by molar-refractivity contribution is 5.72. The lowest BCUT2D eigenvalue weighted by Gasteiger charge is -2.31. The maximum atomic E-state index is 12.5.